The topological polar surface area (TPSA) is 111 Å². The first-order valence-corrected chi connectivity index (χ1v) is 31.0. The Morgan fingerprint density at radius 2 is 0.740 bits per heavy atom. The fourth-order valence-corrected chi connectivity index (χ4v) is 8.25. The smallest absolute Gasteiger partial charge is 0.306 e. The molecule has 77 heavy (non-hydrogen) atoms. The van der Waals surface area contributed by atoms with E-state index in [0.717, 1.165) is 83.5 Å². The van der Waals surface area contributed by atoms with E-state index < -0.39 is 24.3 Å². The predicted octanol–water partition coefficient (Wildman–Crippen LogP) is 17.3. The van der Waals surface area contributed by atoms with Crippen LogP contribution < -0.4 is 5.11 Å². The van der Waals surface area contributed by atoms with E-state index in [1.54, 1.807) is 0 Å². The normalized spacial score (nSPS) is 13.5. The first-order chi connectivity index (χ1) is 37.6. The van der Waals surface area contributed by atoms with Crippen molar-refractivity contribution in [1.82, 2.24) is 0 Å². The molecule has 0 bridgehead atoms. The van der Waals surface area contributed by atoms with Crippen LogP contribution in [0.5, 0.6) is 0 Å². The Morgan fingerprint density at radius 3 is 1.13 bits per heavy atom. The number of carboxylic acids is 1. The molecule has 9 nitrogen and oxygen atoms in total. The van der Waals surface area contributed by atoms with Gasteiger partial charge in [-0.05, 0) is 103 Å². The molecule has 0 aliphatic rings. The van der Waals surface area contributed by atoms with Gasteiger partial charge in [-0.15, -0.1) is 0 Å². The van der Waals surface area contributed by atoms with Crippen LogP contribution in [0.1, 0.15) is 245 Å². The number of ether oxygens (including phenoxy) is 4. The third kappa shape index (κ3) is 59.5. The standard InChI is InChI=1S/C68H115NO8/c1-6-8-10-12-14-16-18-20-22-24-26-28-29-30-31-32-33-34-35-36-37-39-40-42-44-46-48-50-52-54-56-58-65(70)75-62-64(63-76-68(67(72)73)74-61-60-69(3,4)5)77-66(71)59-57-55-53-51-49-47-45-43-41-38-27-25-23-21-19-17-15-13-11-9-7-2/h9,11,15,17-18,20-21,23-24,26-27,29-30,38,43,45,49,51,64,68H,6-8,10,12-14,16,19,22,25,28,31-37,39-42,44,46-48,50,52-63H2,1-5H3/b11-9-,17-15-,20-18-,23-21-,26-24-,30-29-,38-27-,45-43-,51-49-. The van der Waals surface area contributed by atoms with Crippen molar-refractivity contribution in [3.63, 3.8) is 0 Å². The molecule has 0 radical (unpaired) electrons. The molecular formula is C68H115NO8. The summed E-state index contributed by atoms with van der Waals surface area (Å²) in [5.41, 5.74) is 0. The highest BCUT2D eigenvalue weighted by atomic mass is 16.7. The summed E-state index contributed by atoms with van der Waals surface area (Å²) in [4.78, 5) is 37.3. The number of carboxylic acid groups (broad SMARTS) is 1. The maximum atomic E-state index is 12.9. The summed E-state index contributed by atoms with van der Waals surface area (Å²) in [6, 6.07) is 0. The lowest BCUT2D eigenvalue weighted by atomic mass is 10.0. The first-order valence-electron chi connectivity index (χ1n) is 31.0. The molecule has 0 aromatic rings. The Bertz CT molecular complexity index is 1630. The third-order valence-corrected chi connectivity index (χ3v) is 13.0. The highest BCUT2D eigenvalue weighted by Crippen LogP contribution is 2.16. The highest BCUT2D eigenvalue weighted by Gasteiger charge is 2.22. The van der Waals surface area contributed by atoms with Gasteiger partial charge in [-0.3, -0.25) is 9.59 Å². The maximum Gasteiger partial charge on any atom is 0.306 e. The zero-order valence-corrected chi connectivity index (χ0v) is 50.0. The van der Waals surface area contributed by atoms with Gasteiger partial charge in [-0.1, -0.05) is 239 Å². The summed E-state index contributed by atoms with van der Waals surface area (Å²) in [5.74, 6) is -2.35. The zero-order valence-electron chi connectivity index (χ0n) is 50.0. The van der Waals surface area contributed by atoms with Crippen LogP contribution >= 0.6 is 0 Å². The van der Waals surface area contributed by atoms with Crippen molar-refractivity contribution in [2.45, 2.75) is 257 Å². The number of allylic oxidation sites excluding steroid dienone is 18. The molecular weight excluding hydrogens is 959 g/mol. The van der Waals surface area contributed by atoms with Gasteiger partial charge in [0.15, 0.2) is 12.4 Å². The molecule has 0 spiro atoms. The van der Waals surface area contributed by atoms with E-state index in [1.807, 2.05) is 21.1 Å². The van der Waals surface area contributed by atoms with Gasteiger partial charge >= 0.3 is 11.9 Å². The van der Waals surface area contributed by atoms with Crippen molar-refractivity contribution < 1.29 is 42.9 Å². The molecule has 2 atom stereocenters. The lowest BCUT2D eigenvalue weighted by Crippen LogP contribution is -2.44. The average molecular weight is 1070 g/mol. The highest BCUT2D eigenvalue weighted by molar-refractivity contribution is 5.70. The van der Waals surface area contributed by atoms with E-state index in [-0.39, 0.29) is 38.6 Å². The van der Waals surface area contributed by atoms with Crippen LogP contribution in [0.25, 0.3) is 0 Å². The monoisotopic (exact) mass is 1070 g/mol. The van der Waals surface area contributed by atoms with Gasteiger partial charge in [0, 0.05) is 12.8 Å². The third-order valence-electron chi connectivity index (χ3n) is 13.0. The molecule has 0 saturated heterocycles. The van der Waals surface area contributed by atoms with Crippen LogP contribution in [0, 0.1) is 0 Å². The number of hydrogen-bond acceptors (Lipinski definition) is 8. The number of carbonyl (C=O) groups excluding carboxylic acids is 3. The van der Waals surface area contributed by atoms with E-state index in [4.69, 9.17) is 18.9 Å². The van der Waals surface area contributed by atoms with Crippen molar-refractivity contribution >= 4 is 17.9 Å². The number of unbranched alkanes of at least 4 members (excludes halogenated alkanes) is 23. The summed E-state index contributed by atoms with van der Waals surface area (Å²) >= 11 is 0. The van der Waals surface area contributed by atoms with E-state index in [0.29, 0.717) is 17.4 Å². The first kappa shape index (κ1) is 73.0. The average Bonchev–Trinajstić information content (AvgIpc) is 3.40. The number of aliphatic carboxylic acids is 1. The summed E-state index contributed by atoms with van der Waals surface area (Å²) in [7, 11) is 5.90. The quantitative estimate of drug-likeness (QED) is 0.0195. The molecule has 0 aliphatic carbocycles. The second-order valence-corrected chi connectivity index (χ2v) is 21.6. The summed E-state index contributed by atoms with van der Waals surface area (Å²) < 4.78 is 22.7. The fraction of sp³-hybridized carbons (Fsp3) is 0.691. The minimum Gasteiger partial charge on any atom is -0.545 e. The van der Waals surface area contributed by atoms with Crippen molar-refractivity contribution in [2.24, 2.45) is 0 Å². The zero-order chi connectivity index (χ0) is 56.2. The van der Waals surface area contributed by atoms with Gasteiger partial charge in [0.25, 0.3) is 0 Å². The number of carbonyl (C=O) groups is 3. The molecule has 0 fully saturated rings. The SMILES string of the molecule is CC/C=C\C/C=C\C/C=C\C/C=C\C/C=C\C/C=C\CCCCC(=O)OC(COC(=O)CCCCCCCCCCCCCCCCCC/C=C\C/C=C\C/C=C\CCCCCCC)COC(OCC[N+](C)(C)C)C(=O)[O-]. The molecule has 9 heteroatoms. The van der Waals surface area contributed by atoms with Crippen molar-refractivity contribution in [3.8, 4) is 0 Å². The predicted molar refractivity (Wildman–Crippen MR) is 324 cm³/mol. The molecule has 0 aromatic heterocycles. The van der Waals surface area contributed by atoms with Gasteiger partial charge in [-0.25, -0.2) is 0 Å². The minimum atomic E-state index is -1.64. The molecule has 0 heterocycles. The number of rotatable bonds is 56. The van der Waals surface area contributed by atoms with Gasteiger partial charge in [0.2, 0.25) is 0 Å². The molecule has 0 aromatic carbocycles. The van der Waals surface area contributed by atoms with Crippen LogP contribution in [-0.4, -0.2) is 82.3 Å². The Kier molecular flexibility index (Phi) is 55.1. The van der Waals surface area contributed by atoms with Crippen molar-refractivity contribution in [1.29, 1.82) is 0 Å². The molecule has 0 saturated carbocycles. The molecule has 440 valence electrons. The molecule has 0 aliphatic heterocycles. The summed E-state index contributed by atoms with van der Waals surface area (Å²) in [6.45, 7) is 4.57. The molecule has 0 N–H and O–H groups in total. The Hall–Kier alpha value is -4.05. The van der Waals surface area contributed by atoms with Gasteiger partial charge in [0.1, 0.15) is 13.2 Å². The summed E-state index contributed by atoms with van der Waals surface area (Å²) in [6.07, 6.45) is 77.3. The maximum absolute atomic E-state index is 12.9. The number of hydrogen-bond donors (Lipinski definition) is 0. The van der Waals surface area contributed by atoms with Gasteiger partial charge < -0.3 is 33.3 Å². The Labute approximate surface area is 473 Å². The van der Waals surface area contributed by atoms with E-state index in [2.05, 4.69) is 123 Å². The van der Waals surface area contributed by atoms with Gasteiger partial charge in [-0.2, -0.15) is 0 Å². The number of quaternary nitrogens is 1. The van der Waals surface area contributed by atoms with Crippen LogP contribution in [0.15, 0.2) is 109 Å². The van der Waals surface area contributed by atoms with E-state index >= 15 is 0 Å². The number of esters is 2. The number of likely N-dealkylation sites (N-methyl/N-ethyl adjacent to an activating group) is 1. The minimum absolute atomic E-state index is 0.134. The van der Waals surface area contributed by atoms with Crippen LogP contribution in [0.2, 0.25) is 0 Å². The Balaban J connectivity index is 4.23. The lowest BCUT2D eigenvalue weighted by molar-refractivity contribution is -0.870. The van der Waals surface area contributed by atoms with Crippen molar-refractivity contribution in [3.05, 3.63) is 109 Å². The lowest BCUT2D eigenvalue weighted by Gasteiger charge is -2.26. The van der Waals surface area contributed by atoms with Gasteiger partial charge in [0.05, 0.1) is 40.3 Å². The second kappa shape index (κ2) is 58.1. The van der Waals surface area contributed by atoms with Crippen LogP contribution in [-0.2, 0) is 33.3 Å². The summed E-state index contributed by atoms with van der Waals surface area (Å²) in [5, 5.41) is 11.8. The van der Waals surface area contributed by atoms with Crippen LogP contribution in [0.4, 0.5) is 0 Å². The molecule has 2 unspecified atom stereocenters. The van der Waals surface area contributed by atoms with Crippen LogP contribution in [0.3, 0.4) is 0 Å². The molecule has 0 amide bonds. The Morgan fingerprint density at radius 1 is 0.403 bits per heavy atom. The van der Waals surface area contributed by atoms with E-state index in [1.165, 1.54) is 128 Å². The fourth-order valence-electron chi connectivity index (χ4n) is 8.25. The second-order valence-electron chi connectivity index (χ2n) is 21.6. The number of nitrogens with zero attached hydrogens (tertiary/aromatic N) is 1. The van der Waals surface area contributed by atoms with Crippen molar-refractivity contribution in [2.75, 3.05) is 47.5 Å². The molecule has 0 rings (SSSR count). The van der Waals surface area contributed by atoms with E-state index in [9.17, 15) is 19.5 Å². The largest absolute Gasteiger partial charge is 0.545 e.